The van der Waals surface area contributed by atoms with Gasteiger partial charge in [-0.05, 0) is 59.1 Å². The van der Waals surface area contributed by atoms with Crippen molar-refractivity contribution in [1.82, 2.24) is 20.2 Å². The summed E-state index contributed by atoms with van der Waals surface area (Å²) in [4.78, 5) is 39.4. The number of nitrogens with one attached hydrogen (secondary N) is 2. The molecule has 0 unspecified atom stereocenters. The zero-order chi connectivity index (χ0) is 25.9. The Balaban J connectivity index is 1.91. The van der Waals surface area contributed by atoms with E-state index in [0.717, 1.165) is 19.2 Å². The molecule has 35 heavy (non-hydrogen) atoms. The molecule has 0 radical (unpaired) electrons. The maximum Gasteiger partial charge on any atom is 0.251 e. The van der Waals surface area contributed by atoms with Crippen LogP contribution in [0.4, 0.5) is 23.1 Å². The monoisotopic (exact) mass is 503 g/mol. The number of amides is 2. The molecule has 1 aliphatic rings. The zero-order valence-corrected chi connectivity index (χ0v) is 21.8. The van der Waals surface area contributed by atoms with Gasteiger partial charge in [0.25, 0.3) is 5.91 Å². The topological polar surface area (TPSA) is 128 Å². The van der Waals surface area contributed by atoms with E-state index >= 15 is 0 Å². The van der Waals surface area contributed by atoms with Crippen molar-refractivity contribution in [2.75, 3.05) is 62.1 Å². The molecule has 1 aromatic carbocycles. The molecule has 0 saturated carbocycles. The normalized spacial score (nSPS) is 13.9. The maximum atomic E-state index is 12.7. The lowest BCUT2D eigenvalue weighted by Crippen LogP contribution is -2.47. The van der Waals surface area contributed by atoms with Gasteiger partial charge in [-0.25, -0.2) is 13.4 Å². The first kappa shape index (κ1) is 26.4. The molecule has 1 aromatic heterocycles. The number of hydrogen-bond acceptors (Lipinski definition) is 9. The molecular formula is C23H33N7O4S. The van der Waals surface area contributed by atoms with Gasteiger partial charge >= 0.3 is 0 Å². The largest absolute Gasteiger partial charge is 0.352 e. The number of fused-ring (bicyclic) bond motifs is 1. The first-order valence-corrected chi connectivity index (χ1v) is 13.2. The van der Waals surface area contributed by atoms with Crippen molar-refractivity contribution >= 4 is 44.8 Å². The van der Waals surface area contributed by atoms with Crippen molar-refractivity contribution < 1.29 is 18.0 Å². The second kappa shape index (κ2) is 10.6. The minimum absolute atomic E-state index is 0.00744. The van der Waals surface area contributed by atoms with E-state index < -0.39 is 9.84 Å². The molecule has 2 aromatic rings. The number of carbonyl (C=O) groups excluding carboxylic acids is 2. The molecule has 0 atom stereocenters. The lowest BCUT2D eigenvalue weighted by Gasteiger charge is -2.36. The van der Waals surface area contributed by atoms with E-state index in [4.69, 9.17) is 0 Å². The molecule has 3 rings (SSSR count). The van der Waals surface area contributed by atoms with Gasteiger partial charge in [-0.1, -0.05) is 0 Å². The molecule has 0 saturated heterocycles. The summed E-state index contributed by atoms with van der Waals surface area (Å²) >= 11 is 0. The average molecular weight is 504 g/mol. The van der Waals surface area contributed by atoms with Gasteiger partial charge in [0.05, 0.1) is 17.6 Å². The van der Waals surface area contributed by atoms with Gasteiger partial charge in [-0.2, -0.15) is 4.98 Å². The first-order chi connectivity index (χ1) is 16.4. The number of rotatable bonds is 9. The highest BCUT2D eigenvalue weighted by Crippen LogP contribution is 2.33. The van der Waals surface area contributed by atoms with Crippen molar-refractivity contribution in [3.8, 4) is 0 Å². The average Bonchev–Trinajstić information content (AvgIpc) is 2.77. The highest BCUT2D eigenvalue weighted by Gasteiger charge is 2.30. The van der Waals surface area contributed by atoms with E-state index in [0.29, 0.717) is 23.7 Å². The number of carbonyl (C=O) groups is 2. The van der Waals surface area contributed by atoms with E-state index in [2.05, 4.69) is 20.6 Å². The molecule has 1 aliphatic heterocycles. The SMILES string of the molecule is CC(C)N1CC(=O)N(C)c2cnc(Nc3cc(C(=O)NCCCN(C)C)cc(S(C)(=O)=O)c3)nc21. The number of sulfone groups is 1. The Hall–Kier alpha value is -3.25. The maximum absolute atomic E-state index is 12.7. The van der Waals surface area contributed by atoms with Crippen molar-refractivity contribution in [1.29, 1.82) is 0 Å². The predicted molar refractivity (Wildman–Crippen MR) is 136 cm³/mol. The number of anilines is 4. The van der Waals surface area contributed by atoms with Crippen LogP contribution in [0.25, 0.3) is 0 Å². The molecule has 0 bridgehead atoms. The molecule has 0 spiro atoms. The molecule has 12 heteroatoms. The van der Waals surface area contributed by atoms with Crippen LogP contribution < -0.4 is 20.4 Å². The second-order valence-electron chi connectivity index (χ2n) is 9.13. The lowest BCUT2D eigenvalue weighted by atomic mass is 10.2. The number of likely N-dealkylation sites (N-methyl/N-ethyl adjacent to an activating group) is 1. The fourth-order valence-corrected chi connectivity index (χ4v) is 4.29. The van der Waals surface area contributed by atoms with Gasteiger partial charge < -0.3 is 25.3 Å². The van der Waals surface area contributed by atoms with Crippen molar-refractivity contribution in [2.45, 2.75) is 31.2 Å². The summed E-state index contributed by atoms with van der Waals surface area (Å²) in [6.07, 6.45) is 3.41. The molecule has 2 amide bonds. The van der Waals surface area contributed by atoms with E-state index in [1.165, 1.54) is 17.0 Å². The minimum Gasteiger partial charge on any atom is -0.352 e. The van der Waals surface area contributed by atoms with Crippen LogP contribution in [0.2, 0.25) is 0 Å². The molecule has 2 N–H and O–H groups in total. The van der Waals surface area contributed by atoms with Gasteiger partial charge in [0.1, 0.15) is 5.69 Å². The third-order valence-electron chi connectivity index (χ3n) is 5.61. The van der Waals surface area contributed by atoms with E-state index in [1.807, 2.05) is 37.7 Å². The lowest BCUT2D eigenvalue weighted by molar-refractivity contribution is -0.117. The first-order valence-electron chi connectivity index (χ1n) is 11.3. The minimum atomic E-state index is -3.58. The van der Waals surface area contributed by atoms with E-state index in [1.54, 1.807) is 19.3 Å². The molecule has 2 heterocycles. The summed E-state index contributed by atoms with van der Waals surface area (Å²) in [5.41, 5.74) is 1.17. The third kappa shape index (κ3) is 6.45. The Morgan fingerprint density at radius 1 is 1.23 bits per heavy atom. The number of nitrogens with zero attached hydrogens (tertiary/aromatic N) is 5. The molecule has 190 valence electrons. The smallest absolute Gasteiger partial charge is 0.251 e. The number of aromatic nitrogens is 2. The molecule has 11 nitrogen and oxygen atoms in total. The summed E-state index contributed by atoms with van der Waals surface area (Å²) in [7, 11) is 2.00. The molecule has 0 fully saturated rings. The van der Waals surface area contributed by atoms with Gasteiger partial charge in [0.15, 0.2) is 15.7 Å². The summed E-state index contributed by atoms with van der Waals surface area (Å²) in [5, 5.41) is 5.85. The quantitative estimate of drug-likeness (QED) is 0.489. The van der Waals surface area contributed by atoms with Crippen LogP contribution in [-0.2, 0) is 14.6 Å². The van der Waals surface area contributed by atoms with Crippen molar-refractivity contribution in [3.05, 3.63) is 30.0 Å². The second-order valence-corrected chi connectivity index (χ2v) is 11.1. The summed E-state index contributed by atoms with van der Waals surface area (Å²) in [6, 6.07) is 4.40. The van der Waals surface area contributed by atoms with Crippen LogP contribution in [0.1, 0.15) is 30.6 Å². The number of hydrogen-bond donors (Lipinski definition) is 2. The number of benzene rings is 1. The van der Waals surface area contributed by atoms with Crippen molar-refractivity contribution in [2.24, 2.45) is 0 Å². The molecule has 0 aliphatic carbocycles. The highest BCUT2D eigenvalue weighted by atomic mass is 32.2. The van der Waals surface area contributed by atoms with Crippen LogP contribution >= 0.6 is 0 Å². The Morgan fingerprint density at radius 2 is 1.94 bits per heavy atom. The fraction of sp³-hybridized carbons (Fsp3) is 0.478. The van der Waals surface area contributed by atoms with Gasteiger partial charge in [0, 0.05) is 37.1 Å². The van der Waals surface area contributed by atoms with Gasteiger partial charge in [-0.15, -0.1) is 0 Å². The Kier molecular flexibility index (Phi) is 7.96. The van der Waals surface area contributed by atoms with E-state index in [-0.39, 0.29) is 40.8 Å². The van der Waals surface area contributed by atoms with Crippen LogP contribution in [0, 0.1) is 0 Å². The van der Waals surface area contributed by atoms with Crippen molar-refractivity contribution in [3.63, 3.8) is 0 Å². The van der Waals surface area contributed by atoms with Crippen LogP contribution in [0.5, 0.6) is 0 Å². The highest BCUT2D eigenvalue weighted by molar-refractivity contribution is 7.90. The zero-order valence-electron chi connectivity index (χ0n) is 21.0. The van der Waals surface area contributed by atoms with Crippen LogP contribution in [0.3, 0.4) is 0 Å². The van der Waals surface area contributed by atoms with E-state index in [9.17, 15) is 18.0 Å². The summed E-state index contributed by atoms with van der Waals surface area (Å²) < 4.78 is 24.6. The fourth-order valence-electron chi connectivity index (χ4n) is 3.61. The van der Waals surface area contributed by atoms with Gasteiger partial charge in [-0.3, -0.25) is 9.59 Å². The van der Waals surface area contributed by atoms with Gasteiger partial charge in [0.2, 0.25) is 11.9 Å². The molecular weight excluding hydrogens is 470 g/mol. The van der Waals surface area contributed by atoms with Crippen LogP contribution in [-0.4, -0.2) is 88.2 Å². The summed E-state index contributed by atoms with van der Waals surface area (Å²) in [6.45, 7) is 5.42. The predicted octanol–water partition coefficient (Wildman–Crippen LogP) is 1.50. The van der Waals surface area contributed by atoms with Crippen LogP contribution in [0.15, 0.2) is 29.3 Å². The Labute approximate surface area is 206 Å². The Bertz CT molecular complexity index is 1210. The Morgan fingerprint density at radius 3 is 2.57 bits per heavy atom. The third-order valence-corrected chi connectivity index (χ3v) is 6.70. The standard InChI is InChI=1S/C23H33N7O4S/c1-15(2)30-14-20(31)29(5)19-13-25-23(27-21(19)30)26-17-10-16(11-18(12-17)35(6,33)34)22(32)24-8-7-9-28(3)4/h10-13,15H,7-9,14H2,1-6H3,(H,24,32)(H,25,26,27). The summed E-state index contributed by atoms with van der Waals surface area (Å²) in [5.74, 6) is 0.394.